The van der Waals surface area contributed by atoms with Gasteiger partial charge in [0.05, 0.1) is 11.1 Å². The fourth-order valence-corrected chi connectivity index (χ4v) is 1.54. The van der Waals surface area contributed by atoms with Crippen LogP contribution in [0.15, 0.2) is 24.3 Å². The topological polar surface area (TPSA) is 101 Å². The second-order valence-electron chi connectivity index (χ2n) is 3.84. The molecule has 0 aromatic heterocycles. The van der Waals surface area contributed by atoms with Gasteiger partial charge in [-0.3, -0.25) is 9.59 Å². The third-order valence-electron chi connectivity index (χ3n) is 2.55. The molecule has 1 aliphatic heterocycles. The van der Waals surface area contributed by atoms with Crippen molar-refractivity contribution < 1.29 is 29.1 Å². The molecular formula is C12H9NO6. The first-order valence-corrected chi connectivity index (χ1v) is 5.40. The SMILES string of the molecule is O=C(O)c1ccc(C(=O)ON2C(=O)CCC2=O)cc1. The Morgan fingerprint density at radius 2 is 1.47 bits per heavy atom. The van der Waals surface area contributed by atoms with Gasteiger partial charge in [0, 0.05) is 12.8 Å². The fourth-order valence-electron chi connectivity index (χ4n) is 1.54. The van der Waals surface area contributed by atoms with Crippen molar-refractivity contribution in [3.05, 3.63) is 35.4 Å². The van der Waals surface area contributed by atoms with Crippen molar-refractivity contribution in [3.63, 3.8) is 0 Å². The molecule has 1 aliphatic rings. The van der Waals surface area contributed by atoms with Crippen LogP contribution in [0.1, 0.15) is 33.6 Å². The number of benzene rings is 1. The highest BCUT2D eigenvalue weighted by atomic mass is 16.7. The molecule has 0 bridgehead atoms. The third-order valence-corrected chi connectivity index (χ3v) is 2.55. The molecule has 1 fully saturated rings. The van der Waals surface area contributed by atoms with Gasteiger partial charge in [0.25, 0.3) is 11.8 Å². The van der Waals surface area contributed by atoms with Gasteiger partial charge in [-0.1, -0.05) is 0 Å². The first-order valence-electron chi connectivity index (χ1n) is 5.40. The molecule has 0 unspecified atom stereocenters. The second kappa shape index (κ2) is 4.89. The highest BCUT2D eigenvalue weighted by Gasteiger charge is 2.33. The predicted molar refractivity (Wildman–Crippen MR) is 59.9 cm³/mol. The lowest BCUT2D eigenvalue weighted by Gasteiger charge is -2.12. The average molecular weight is 263 g/mol. The van der Waals surface area contributed by atoms with Crippen molar-refractivity contribution in [2.24, 2.45) is 0 Å². The Bertz CT molecular complexity index is 546. The lowest BCUT2D eigenvalue weighted by atomic mass is 10.1. The third kappa shape index (κ3) is 2.59. The number of aromatic carboxylic acids is 1. The van der Waals surface area contributed by atoms with Crippen LogP contribution in [0.2, 0.25) is 0 Å². The van der Waals surface area contributed by atoms with Crippen molar-refractivity contribution in [2.75, 3.05) is 0 Å². The number of amides is 2. The van der Waals surface area contributed by atoms with E-state index in [0.29, 0.717) is 5.06 Å². The smallest absolute Gasteiger partial charge is 0.363 e. The first kappa shape index (κ1) is 12.7. The summed E-state index contributed by atoms with van der Waals surface area (Å²) < 4.78 is 0. The summed E-state index contributed by atoms with van der Waals surface area (Å²) >= 11 is 0. The van der Waals surface area contributed by atoms with Crippen molar-refractivity contribution in [1.82, 2.24) is 5.06 Å². The van der Waals surface area contributed by atoms with Crippen LogP contribution < -0.4 is 0 Å². The number of carboxylic acid groups (broad SMARTS) is 1. The van der Waals surface area contributed by atoms with Crippen LogP contribution >= 0.6 is 0 Å². The Hall–Kier alpha value is -2.70. The number of carbonyl (C=O) groups is 4. The molecular weight excluding hydrogens is 254 g/mol. The number of hydrogen-bond acceptors (Lipinski definition) is 5. The molecule has 1 N–H and O–H groups in total. The van der Waals surface area contributed by atoms with Gasteiger partial charge in [0.2, 0.25) is 0 Å². The summed E-state index contributed by atoms with van der Waals surface area (Å²) in [6.07, 6.45) is 0.0358. The van der Waals surface area contributed by atoms with E-state index < -0.39 is 23.8 Å². The van der Waals surface area contributed by atoms with Gasteiger partial charge in [-0.15, -0.1) is 5.06 Å². The molecule has 2 amide bonds. The molecule has 7 nitrogen and oxygen atoms in total. The number of rotatable bonds is 3. The largest absolute Gasteiger partial charge is 0.478 e. The Morgan fingerprint density at radius 3 is 1.95 bits per heavy atom. The molecule has 7 heteroatoms. The van der Waals surface area contributed by atoms with Crippen LogP contribution in [0.25, 0.3) is 0 Å². The zero-order valence-electron chi connectivity index (χ0n) is 9.66. The van der Waals surface area contributed by atoms with Gasteiger partial charge >= 0.3 is 11.9 Å². The Kier molecular flexibility index (Phi) is 3.28. The van der Waals surface area contributed by atoms with E-state index in [1.54, 1.807) is 0 Å². The molecule has 0 radical (unpaired) electrons. The van der Waals surface area contributed by atoms with Crippen molar-refractivity contribution in [3.8, 4) is 0 Å². The molecule has 1 aromatic carbocycles. The van der Waals surface area contributed by atoms with Gasteiger partial charge in [0.1, 0.15) is 0 Å². The van der Waals surface area contributed by atoms with E-state index in [1.165, 1.54) is 24.3 Å². The van der Waals surface area contributed by atoms with Gasteiger partial charge in [-0.25, -0.2) is 9.59 Å². The summed E-state index contributed by atoms with van der Waals surface area (Å²) in [5.74, 6) is -3.15. The molecule has 0 spiro atoms. The maximum absolute atomic E-state index is 11.7. The lowest BCUT2D eigenvalue weighted by Crippen LogP contribution is -2.32. The first-order chi connectivity index (χ1) is 8.99. The standard InChI is InChI=1S/C12H9NO6/c14-9-5-6-10(15)13(9)19-12(18)8-3-1-7(2-4-8)11(16)17/h1-4H,5-6H2,(H,16,17). The van der Waals surface area contributed by atoms with E-state index in [-0.39, 0.29) is 24.0 Å². The molecule has 0 aliphatic carbocycles. The number of carbonyl (C=O) groups excluding carboxylic acids is 3. The van der Waals surface area contributed by atoms with E-state index in [1.807, 2.05) is 0 Å². The number of hydrogen-bond donors (Lipinski definition) is 1. The molecule has 98 valence electrons. The van der Waals surface area contributed by atoms with Crippen LogP contribution in [0, 0.1) is 0 Å². The summed E-state index contributed by atoms with van der Waals surface area (Å²) in [6, 6.07) is 4.95. The number of imide groups is 1. The summed E-state index contributed by atoms with van der Waals surface area (Å²) in [7, 11) is 0. The van der Waals surface area contributed by atoms with Crippen molar-refractivity contribution >= 4 is 23.8 Å². The Balaban J connectivity index is 2.09. The van der Waals surface area contributed by atoms with Gasteiger partial charge in [-0.05, 0) is 24.3 Å². The van der Waals surface area contributed by atoms with Gasteiger partial charge in [-0.2, -0.15) is 0 Å². The normalized spacial score (nSPS) is 14.6. The molecule has 0 saturated carbocycles. The minimum absolute atomic E-state index is 0.0179. The van der Waals surface area contributed by atoms with Crippen LogP contribution in [0.5, 0.6) is 0 Å². The lowest BCUT2D eigenvalue weighted by molar-refractivity contribution is -0.172. The van der Waals surface area contributed by atoms with Crippen molar-refractivity contribution in [1.29, 1.82) is 0 Å². The Morgan fingerprint density at radius 1 is 1.00 bits per heavy atom. The van der Waals surface area contributed by atoms with Gasteiger partial charge < -0.3 is 9.94 Å². The Labute approximate surface area is 107 Å². The monoisotopic (exact) mass is 263 g/mol. The summed E-state index contributed by atoms with van der Waals surface area (Å²) in [4.78, 5) is 49.5. The minimum atomic E-state index is -1.12. The van der Waals surface area contributed by atoms with E-state index in [0.717, 1.165) is 0 Å². The maximum Gasteiger partial charge on any atom is 0.363 e. The van der Waals surface area contributed by atoms with Crippen molar-refractivity contribution in [2.45, 2.75) is 12.8 Å². The average Bonchev–Trinajstić information content (AvgIpc) is 2.70. The minimum Gasteiger partial charge on any atom is -0.478 e. The van der Waals surface area contributed by atoms with E-state index in [4.69, 9.17) is 5.11 Å². The molecule has 1 aromatic rings. The molecule has 1 saturated heterocycles. The summed E-state index contributed by atoms with van der Waals surface area (Å²) in [6.45, 7) is 0. The maximum atomic E-state index is 11.7. The van der Waals surface area contributed by atoms with Crippen LogP contribution in [0.3, 0.4) is 0 Å². The quantitative estimate of drug-likeness (QED) is 0.801. The number of carboxylic acids is 1. The van der Waals surface area contributed by atoms with E-state index in [2.05, 4.69) is 4.84 Å². The highest BCUT2D eigenvalue weighted by Crippen LogP contribution is 2.14. The molecule has 0 atom stereocenters. The zero-order valence-corrected chi connectivity index (χ0v) is 9.66. The van der Waals surface area contributed by atoms with E-state index >= 15 is 0 Å². The van der Waals surface area contributed by atoms with Crippen LogP contribution in [0.4, 0.5) is 0 Å². The van der Waals surface area contributed by atoms with Crippen LogP contribution in [-0.2, 0) is 14.4 Å². The predicted octanol–water partition coefficient (Wildman–Crippen LogP) is 0.606. The summed E-state index contributed by atoms with van der Waals surface area (Å²) in [5, 5.41) is 9.14. The highest BCUT2D eigenvalue weighted by molar-refractivity contribution is 6.02. The zero-order chi connectivity index (χ0) is 14.0. The van der Waals surface area contributed by atoms with Crippen LogP contribution in [-0.4, -0.2) is 33.9 Å². The molecule has 1 heterocycles. The molecule has 2 rings (SSSR count). The van der Waals surface area contributed by atoms with E-state index in [9.17, 15) is 19.2 Å². The van der Waals surface area contributed by atoms with Gasteiger partial charge in [0.15, 0.2) is 0 Å². The second-order valence-corrected chi connectivity index (χ2v) is 3.84. The molecule has 19 heavy (non-hydrogen) atoms. The summed E-state index contributed by atoms with van der Waals surface area (Å²) in [5.41, 5.74) is 0.0716. The fraction of sp³-hybridized carbons (Fsp3) is 0.167. The number of hydroxylamine groups is 2. The number of nitrogens with zero attached hydrogens (tertiary/aromatic N) is 1.